The van der Waals surface area contributed by atoms with Gasteiger partial charge in [0, 0.05) is 11.7 Å². The Balaban J connectivity index is 2.60. The van der Waals surface area contributed by atoms with Crippen molar-refractivity contribution in [2.24, 2.45) is 5.41 Å². The van der Waals surface area contributed by atoms with E-state index in [1.165, 1.54) is 12.0 Å². The first kappa shape index (κ1) is 14.0. The van der Waals surface area contributed by atoms with Gasteiger partial charge in [-0.3, -0.25) is 4.90 Å². The number of rotatable bonds is 4. The molecular weight excluding hydrogens is 208 g/mol. The molecule has 0 aliphatic carbocycles. The van der Waals surface area contributed by atoms with Crippen LogP contribution in [0.15, 0.2) is 24.3 Å². The molecule has 0 spiro atoms. The maximum atomic E-state index is 5.82. The van der Waals surface area contributed by atoms with Gasteiger partial charge in [-0.15, -0.1) is 0 Å². The summed E-state index contributed by atoms with van der Waals surface area (Å²) in [5.74, 6) is 0. The Kier molecular flexibility index (Phi) is 4.58. The van der Waals surface area contributed by atoms with Gasteiger partial charge in [0.2, 0.25) is 0 Å². The normalized spacial score (nSPS) is 14.0. The highest BCUT2D eigenvalue weighted by molar-refractivity contribution is 5.41. The van der Waals surface area contributed by atoms with Gasteiger partial charge in [-0.2, -0.15) is 0 Å². The fourth-order valence-electron chi connectivity index (χ4n) is 1.78. The predicted octanol–water partition coefficient (Wildman–Crippen LogP) is 3.70. The Labute approximate surface area is 106 Å². The van der Waals surface area contributed by atoms with Crippen LogP contribution in [0.1, 0.15) is 45.7 Å². The standard InChI is InChI=1S/C15H26N2/c1-12(13-7-6-8-14(16)11-13)17(5)10-9-15(2,3)4/h6-8,11-12H,9-10,16H2,1-5H3. The smallest absolute Gasteiger partial charge is 0.0317 e. The summed E-state index contributed by atoms with van der Waals surface area (Å²) < 4.78 is 0. The van der Waals surface area contributed by atoms with Crippen molar-refractivity contribution >= 4 is 5.69 Å². The first-order valence-corrected chi connectivity index (χ1v) is 6.35. The number of nitrogens with two attached hydrogens (primary N) is 1. The molecule has 0 heterocycles. The molecule has 1 atom stereocenters. The maximum Gasteiger partial charge on any atom is 0.0317 e. The highest BCUT2D eigenvalue weighted by atomic mass is 15.1. The van der Waals surface area contributed by atoms with E-state index < -0.39 is 0 Å². The SMILES string of the molecule is CC(c1cccc(N)c1)N(C)CCC(C)(C)C. The van der Waals surface area contributed by atoms with Crippen LogP contribution >= 0.6 is 0 Å². The van der Waals surface area contributed by atoms with Crippen molar-refractivity contribution in [2.45, 2.75) is 40.2 Å². The van der Waals surface area contributed by atoms with E-state index in [0.29, 0.717) is 11.5 Å². The van der Waals surface area contributed by atoms with Crippen molar-refractivity contribution in [1.82, 2.24) is 4.90 Å². The molecule has 2 nitrogen and oxygen atoms in total. The van der Waals surface area contributed by atoms with E-state index in [4.69, 9.17) is 5.73 Å². The summed E-state index contributed by atoms with van der Waals surface area (Å²) in [6.07, 6.45) is 1.20. The third-order valence-corrected chi connectivity index (χ3v) is 3.27. The molecule has 0 radical (unpaired) electrons. The van der Waals surface area contributed by atoms with E-state index in [1.807, 2.05) is 12.1 Å². The van der Waals surface area contributed by atoms with Crippen LogP contribution in [0.2, 0.25) is 0 Å². The molecular formula is C15H26N2. The summed E-state index contributed by atoms with van der Waals surface area (Å²) in [4.78, 5) is 2.39. The van der Waals surface area contributed by atoms with Crippen molar-refractivity contribution < 1.29 is 0 Å². The molecule has 2 heteroatoms. The third kappa shape index (κ3) is 4.78. The number of hydrogen-bond donors (Lipinski definition) is 1. The summed E-state index contributed by atoms with van der Waals surface area (Å²) in [5, 5.41) is 0. The second kappa shape index (κ2) is 5.54. The van der Waals surface area contributed by atoms with Crippen LogP contribution in [0.25, 0.3) is 0 Å². The van der Waals surface area contributed by atoms with Crippen molar-refractivity contribution in [3.63, 3.8) is 0 Å². The molecule has 1 aromatic carbocycles. The molecule has 0 aliphatic rings. The van der Waals surface area contributed by atoms with Gasteiger partial charge in [0.25, 0.3) is 0 Å². The Morgan fingerprint density at radius 2 is 1.94 bits per heavy atom. The third-order valence-electron chi connectivity index (χ3n) is 3.27. The quantitative estimate of drug-likeness (QED) is 0.805. The molecule has 0 aliphatic heterocycles. The Bertz CT molecular complexity index is 352. The van der Waals surface area contributed by atoms with Gasteiger partial charge in [-0.1, -0.05) is 32.9 Å². The largest absolute Gasteiger partial charge is 0.399 e. The molecule has 0 fully saturated rings. The van der Waals surface area contributed by atoms with E-state index >= 15 is 0 Å². The van der Waals surface area contributed by atoms with Crippen LogP contribution in [-0.4, -0.2) is 18.5 Å². The molecule has 0 saturated carbocycles. The van der Waals surface area contributed by atoms with Crippen LogP contribution in [0.3, 0.4) is 0 Å². The van der Waals surface area contributed by atoms with E-state index in [9.17, 15) is 0 Å². The average Bonchev–Trinajstić information content (AvgIpc) is 2.24. The van der Waals surface area contributed by atoms with Crippen molar-refractivity contribution in [2.75, 3.05) is 19.3 Å². The van der Waals surface area contributed by atoms with Gasteiger partial charge in [0.05, 0.1) is 0 Å². The zero-order valence-corrected chi connectivity index (χ0v) is 11.8. The number of hydrogen-bond acceptors (Lipinski definition) is 2. The second-order valence-electron chi connectivity index (χ2n) is 6.14. The highest BCUT2D eigenvalue weighted by Gasteiger charge is 2.15. The minimum atomic E-state index is 0.393. The number of nitrogens with zero attached hydrogens (tertiary/aromatic N) is 1. The summed E-state index contributed by atoms with van der Waals surface area (Å²) >= 11 is 0. The minimum absolute atomic E-state index is 0.393. The molecule has 17 heavy (non-hydrogen) atoms. The van der Waals surface area contributed by atoms with Crippen molar-refractivity contribution in [3.05, 3.63) is 29.8 Å². The molecule has 1 rings (SSSR count). The van der Waals surface area contributed by atoms with E-state index in [2.05, 4.69) is 51.8 Å². The summed E-state index contributed by atoms with van der Waals surface area (Å²) in [5.41, 5.74) is 8.35. The summed E-state index contributed by atoms with van der Waals surface area (Å²) in [7, 11) is 2.18. The lowest BCUT2D eigenvalue weighted by molar-refractivity contribution is 0.218. The van der Waals surface area contributed by atoms with Gasteiger partial charge in [-0.25, -0.2) is 0 Å². The minimum Gasteiger partial charge on any atom is -0.399 e. The first-order chi connectivity index (χ1) is 7.79. The van der Waals surface area contributed by atoms with E-state index in [-0.39, 0.29) is 0 Å². The van der Waals surface area contributed by atoms with Gasteiger partial charge < -0.3 is 5.73 Å². The van der Waals surface area contributed by atoms with E-state index in [1.54, 1.807) is 0 Å². The molecule has 2 N–H and O–H groups in total. The van der Waals surface area contributed by atoms with Crippen LogP contribution in [0.5, 0.6) is 0 Å². The Hall–Kier alpha value is -1.02. The molecule has 1 unspecified atom stereocenters. The van der Waals surface area contributed by atoms with Crippen LogP contribution in [0.4, 0.5) is 5.69 Å². The second-order valence-corrected chi connectivity index (χ2v) is 6.14. The zero-order valence-electron chi connectivity index (χ0n) is 11.8. The number of benzene rings is 1. The monoisotopic (exact) mass is 234 g/mol. The zero-order chi connectivity index (χ0) is 13.1. The topological polar surface area (TPSA) is 29.3 Å². The van der Waals surface area contributed by atoms with Crippen molar-refractivity contribution in [1.29, 1.82) is 0 Å². The van der Waals surface area contributed by atoms with Crippen molar-refractivity contribution in [3.8, 4) is 0 Å². The molecule has 0 saturated heterocycles. The molecule has 96 valence electrons. The molecule has 0 aromatic heterocycles. The first-order valence-electron chi connectivity index (χ1n) is 6.35. The predicted molar refractivity (Wildman–Crippen MR) is 76.0 cm³/mol. The van der Waals surface area contributed by atoms with Crippen LogP contribution < -0.4 is 5.73 Å². The Morgan fingerprint density at radius 1 is 1.29 bits per heavy atom. The summed E-state index contributed by atoms with van der Waals surface area (Å²) in [6.45, 7) is 10.2. The van der Waals surface area contributed by atoms with Gasteiger partial charge in [0.15, 0.2) is 0 Å². The fourth-order valence-corrected chi connectivity index (χ4v) is 1.78. The average molecular weight is 234 g/mol. The lowest BCUT2D eigenvalue weighted by Crippen LogP contribution is -2.26. The summed E-state index contributed by atoms with van der Waals surface area (Å²) in [6, 6.07) is 8.60. The lowest BCUT2D eigenvalue weighted by atomic mass is 9.92. The van der Waals surface area contributed by atoms with Gasteiger partial charge in [0.1, 0.15) is 0 Å². The fraction of sp³-hybridized carbons (Fsp3) is 0.600. The number of nitrogen functional groups attached to an aromatic ring is 1. The lowest BCUT2D eigenvalue weighted by Gasteiger charge is -2.28. The maximum absolute atomic E-state index is 5.82. The molecule has 1 aromatic rings. The number of anilines is 1. The van der Waals surface area contributed by atoms with Gasteiger partial charge >= 0.3 is 0 Å². The molecule has 0 amide bonds. The van der Waals surface area contributed by atoms with Crippen LogP contribution in [-0.2, 0) is 0 Å². The van der Waals surface area contributed by atoms with Crippen LogP contribution in [0, 0.1) is 5.41 Å². The Morgan fingerprint density at radius 3 is 2.47 bits per heavy atom. The van der Waals surface area contributed by atoms with E-state index in [0.717, 1.165) is 12.2 Å². The van der Waals surface area contributed by atoms with Gasteiger partial charge in [-0.05, 0) is 50.0 Å². The highest BCUT2D eigenvalue weighted by Crippen LogP contribution is 2.24. The molecule has 0 bridgehead atoms.